The maximum absolute atomic E-state index is 12.5. The van der Waals surface area contributed by atoms with Gasteiger partial charge < -0.3 is 14.3 Å². The van der Waals surface area contributed by atoms with Crippen LogP contribution in [0.3, 0.4) is 0 Å². The molecule has 0 aliphatic heterocycles. The van der Waals surface area contributed by atoms with Crippen molar-refractivity contribution in [2.75, 3.05) is 0 Å². The van der Waals surface area contributed by atoms with E-state index in [9.17, 15) is 14.7 Å². The van der Waals surface area contributed by atoms with Crippen molar-refractivity contribution in [3.05, 3.63) is 46.3 Å². The summed E-state index contributed by atoms with van der Waals surface area (Å²) in [6.45, 7) is 2.85. The summed E-state index contributed by atoms with van der Waals surface area (Å²) >= 11 is 0. The minimum Gasteiger partial charge on any atom is -0.548 e. The van der Waals surface area contributed by atoms with Crippen molar-refractivity contribution in [1.82, 2.24) is 14.3 Å². The highest BCUT2D eigenvalue weighted by Gasteiger charge is 2.20. The molecule has 0 unspecified atom stereocenters. The summed E-state index contributed by atoms with van der Waals surface area (Å²) in [5.41, 5.74) is 0.0193. The van der Waals surface area contributed by atoms with Gasteiger partial charge in [0.25, 0.3) is 5.56 Å². The molecular formula is C14H12N3O4-. The zero-order chi connectivity index (χ0) is 15.1. The molecular weight excluding hydrogens is 274 g/mol. The Morgan fingerprint density at radius 3 is 2.57 bits per heavy atom. The van der Waals surface area contributed by atoms with E-state index in [0.717, 1.165) is 4.68 Å². The first-order valence-corrected chi connectivity index (χ1v) is 6.33. The smallest absolute Gasteiger partial charge is 0.280 e. The molecule has 0 amide bonds. The van der Waals surface area contributed by atoms with Gasteiger partial charge >= 0.3 is 0 Å². The van der Waals surface area contributed by atoms with E-state index < -0.39 is 18.1 Å². The van der Waals surface area contributed by atoms with Gasteiger partial charge in [0, 0.05) is 12.4 Å². The summed E-state index contributed by atoms with van der Waals surface area (Å²) in [5.74, 6) is -0.447. The van der Waals surface area contributed by atoms with Crippen LogP contribution in [0.2, 0.25) is 0 Å². The molecule has 3 aromatic rings. The van der Waals surface area contributed by atoms with Crippen molar-refractivity contribution in [2.24, 2.45) is 0 Å². The lowest BCUT2D eigenvalue weighted by Crippen LogP contribution is -2.34. The lowest BCUT2D eigenvalue weighted by atomic mass is 10.2. The molecule has 3 aromatic heterocycles. The molecule has 0 aliphatic carbocycles. The van der Waals surface area contributed by atoms with Gasteiger partial charge in [-0.05, 0) is 26.0 Å². The van der Waals surface area contributed by atoms with Crippen LogP contribution in [0, 0.1) is 13.8 Å². The summed E-state index contributed by atoms with van der Waals surface area (Å²) in [4.78, 5) is 23.2. The Kier molecular flexibility index (Phi) is 2.90. The molecule has 0 N–H and O–H groups in total. The number of aryl methyl sites for hydroxylation is 2. The van der Waals surface area contributed by atoms with Gasteiger partial charge in [0.05, 0.1) is 23.6 Å². The first-order chi connectivity index (χ1) is 9.99. The number of fused-ring (bicyclic) bond motifs is 1. The number of hydrogen-bond acceptors (Lipinski definition) is 5. The van der Waals surface area contributed by atoms with E-state index in [2.05, 4.69) is 5.10 Å². The topological polar surface area (TPSA) is 93.1 Å². The quantitative estimate of drug-likeness (QED) is 0.683. The molecule has 0 saturated heterocycles. The SMILES string of the molecule is Cc1nn(CC(=O)[O-])c(=O)c2c(-n3cccc3)oc(C)c12. The molecule has 0 aliphatic rings. The first kappa shape index (κ1) is 13.2. The summed E-state index contributed by atoms with van der Waals surface area (Å²) in [7, 11) is 0. The summed E-state index contributed by atoms with van der Waals surface area (Å²) < 4.78 is 8.23. The molecule has 21 heavy (non-hydrogen) atoms. The number of aliphatic carboxylic acids is 1. The summed E-state index contributed by atoms with van der Waals surface area (Å²) in [5, 5.41) is 15.7. The summed E-state index contributed by atoms with van der Waals surface area (Å²) in [6, 6.07) is 3.61. The Hall–Kier alpha value is -2.83. The number of aromatic nitrogens is 3. The predicted molar refractivity (Wildman–Crippen MR) is 72.1 cm³/mol. The Labute approximate surface area is 119 Å². The first-order valence-electron chi connectivity index (χ1n) is 6.33. The number of nitrogens with zero attached hydrogens (tertiary/aromatic N) is 3. The molecule has 0 fully saturated rings. The second-order valence-corrected chi connectivity index (χ2v) is 4.72. The maximum Gasteiger partial charge on any atom is 0.280 e. The van der Waals surface area contributed by atoms with Crippen LogP contribution in [-0.4, -0.2) is 20.3 Å². The average molecular weight is 286 g/mol. The molecule has 3 rings (SSSR count). The van der Waals surface area contributed by atoms with Crippen molar-refractivity contribution in [1.29, 1.82) is 0 Å². The number of hydrogen-bond donors (Lipinski definition) is 0. The monoisotopic (exact) mass is 286 g/mol. The number of carboxylic acids is 1. The lowest BCUT2D eigenvalue weighted by molar-refractivity contribution is -0.306. The molecule has 3 heterocycles. The Morgan fingerprint density at radius 1 is 1.29 bits per heavy atom. The number of furan rings is 1. The van der Waals surface area contributed by atoms with Crippen molar-refractivity contribution < 1.29 is 14.3 Å². The van der Waals surface area contributed by atoms with Crippen LogP contribution < -0.4 is 10.7 Å². The largest absolute Gasteiger partial charge is 0.548 e. The highest BCUT2D eigenvalue weighted by molar-refractivity contribution is 5.91. The van der Waals surface area contributed by atoms with Crippen molar-refractivity contribution in [3.63, 3.8) is 0 Å². The molecule has 0 atom stereocenters. The van der Waals surface area contributed by atoms with Crippen LogP contribution in [0.25, 0.3) is 16.7 Å². The van der Waals surface area contributed by atoms with E-state index in [-0.39, 0.29) is 0 Å². The van der Waals surface area contributed by atoms with E-state index >= 15 is 0 Å². The minimum atomic E-state index is -1.37. The highest BCUT2D eigenvalue weighted by Crippen LogP contribution is 2.27. The highest BCUT2D eigenvalue weighted by atomic mass is 16.4. The Balaban J connectivity index is 2.39. The normalized spacial score (nSPS) is 11.1. The maximum atomic E-state index is 12.5. The van der Waals surface area contributed by atoms with Crippen LogP contribution in [0.1, 0.15) is 11.5 Å². The average Bonchev–Trinajstić information content (AvgIpc) is 3.02. The van der Waals surface area contributed by atoms with Crippen LogP contribution in [0.5, 0.6) is 0 Å². The van der Waals surface area contributed by atoms with Gasteiger partial charge in [0.1, 0.15) is 11.1 Å². The predicted octanol–water partition coefficient (Wildman–Crippen LogP) is 0.147. The second kappa shape index (κ2) is 4.62. The van der Waals surface area contributed by atoms with E-state index in [1.54, 1.807) is 42.9 Å². The third-order valence-corrected chi connectivity index (χ3v) is 3.26. The lowest BCUT2D eigenvalue weighted by Gasteiger charge is -2.07. The van der Waals surface area contributed by atoms with Crippen LogP contribution >= 0.6 is 0 Å². The third kappa shape index (κ3) is 2.03. The van der Waals surface area contributed by atoms with Crippen LogP contribution in [0.15, 0.2) is 33.7 Å². The Morgan fingerprint density at radius 2 is 1.95 bits per heavy atom. The van der Waals surface area contributed by atoms with Crippen molar-refractivity contribution in [3.8, 4) is 5.88 Å². The summed E-state index contributed by atoms with van der Waals surface area (Å²) in [6.07, 6.45) is 3.49. The number of carbonyl (C=O) groups excluding carboxylic acids is 1. The minimum absolute atomic E-state index is 0.317. The Bertz CT molecular complexity index is 887. The fourth-order valence-corrected chi connectivity index (χ4v) is 2.45. The zero-order valence-corrected chi connectivity index (χ0v) is 11.5. The molecule has 7 nitrogen and oxygen atoms in total. The molecule has 0 aromatic carbocycles. The van der Waals surface area contributed by atoms with E-state index in [4.69, 9.17) is 4.42 Å². The number of carbonyl (C=O) groups is 1. The van der Waals surface area contributed by atoms with Crippen molar-refractivity contribution >= 4 is 16.7 Å². The van der Waals surface area contributed by atoms with Gasteiger partial charge in [-0.25, -0.2) is 4.68 Å². The fraction of sp³-hybridized carbons (Fsp3) is 0.214. The van der Waals surface area contributed by atoms with Crippen LogP contribution in [0.4, 0.5) is 0 Å². The van der Waals surface area contributed by atoms with Gasteiger partial charge in [-0.15, -0.1) is 0 Å². The number of rotatable bonds is 3. The van der Waals surface area contributed by atoms with Gasteiger partial charge in [-0.1, -0.05) is 0 Å². The van der Waals surface area contributed by atoms with Crippen molar-refractivity contribution in [2.45, 2.75) is 20.4 Å². The van der Waals surface area contributed by atoms with Gasteiger partial charge in [0.2, 0.25) is 5.88 Å². The standard InChI is InChI=1S/C14H13N3O4/c1-8-11-9(2)21-14(16-5-3-4-6-16)12(11)13(20)17(15-8)7-10(18)19/h3-6H,7H2,1-2H3,(H,18,19)/p-1. The molecule has 0 spiro atoms. The second-order valence-electron chi connectivity index (χ2n) is 4.72. The van der Waals surface area contributed by atoms with Gasteiger partial charge in [-0.3, -0.25) is 9.36 Å². The van der Waals surface area contributed by atoms with Crippen LogP contribution in [-0.2, 0) is 11.3 Å². The van der Waals surface area contributed by atoms with Gasteiger partial charge in [-0.2, -0.15) is 5.10 Å². The van der Waals surface area contributed by atoms with Gasteiger partial charge in [0.15, 0.2) is 0 Å². The van der Waals surface area contributed by atoms with E-state index in [1.807, 2.05) is 0 Å². The molecule has 108 valence electrons. The fourth-order valence-electron chi connectivity index (χ4n) is 2.45. The molecule has 0 bridgehead atoms. The molecule has 0 radical (unpaired) electrons. The third-order valence-electron chi connectivity index (χ3n) is 3.26. The molecule has 7 heteroatoms. The molecule has 0 saturated carbocycles. The van der Waals surface area contributed by atoms with E-state index in [0.29, 0.717) is 28.1 Å². The van der Waals surface area contributed by atoms with E-state index in [1.165, 1.54) is 0 Å². The zero-order valence-electron chi connectivity index (χ0n) is 11.5. The number of carboxylic acid groups (broad SMARTS) is 1.